The van der Waals surface area contributed by atoms with Crippen molar-refractivity contribution in [2.45, 2.75) is 18.6 Å². The fourth-order valence-electron chi connectivity index (χ4n) is 2.43. The maximum Gasteiger partial charge on any atom is 0.170 e. The van der Waals surface area contributed by atoms with E-state index < -0.39 is 12.2 Å². The molecule has 0 aliphatic carbocycles. The number of hydrogen-bond donors (Lipinski definition) is 0. The first-order valence-electron chi connectivity index (χ1n) is 6.93. The van der Waals surface area contributed by atoms with Gasteiger partial charge in [-0.3, -0.25) is 4.79 Å². The molecule has 2 aromatic carbocycles. The molecule has 0 saturated carbocycles. The Morgan fingerprint density at radius 1 is 0.905 bits per heavy atom. The van der Waals surface area contributed by atoms with E-state index in [4.69, 9.17) is 9.47 Å². The molecule has 2 aromatic rings. The van der Waals surface area contributed by atoms with E-state index in [2.05, 4.69) is 0 Å². The van der Waals surface area contributed by atoms with Crippen LogP contribution in [0.4, 0.5) is 0 Å². The van der Waals surface area contributed by atoms with Gasteiger partial charge in [-0.15, -0.1) is 0 Å². The lowest BCUT2D eigenvalue weighted by molar-refractivity contribution is -0.144. The lowest BCUT2D eigenvalue weighted by atomic mass is 9.90. The topological polar surface area (TPSA) is 35.5 Å². The minimum absolute atomic E-state index is 0.0844. The molecule has 0 amide bonds. The van der Waals surface area contributed by atoms with Gasteiger partial charge in [0, 0.05) is 20.6 Å². The maximum absolute atomic E-state index is 12.7. The molecule has 1 atom stereocenters. The van der Waals surface area contributed by atoms with Crippen molar-refractivity contribution in [3.8, 4) is 0 Å². The van der Waals surface area contributed by atoms with Crippen LogP contribution >= 0.6 is 0 Å². The van der Waals surface area contributed by atoms with Crippen LogP contribution in [0.15, 0.2) is 60.7 Å². The molecule has 0 heterocycles. The number of hydrogen-bond acceptors (Lipinski definition) is 3. The van der Waals surface area contributed by atoms with Gasteiger partial charge in [-0.1, -0.05) is 60.7 Å². The molecule has 0 saturated heterocycles. The fraction of sp³-hybridized carbons (Fsp3) is 0.278. The average molecular weight is 284 g/mol. The van der Waals surface area contributed by atoms with E-state index in [1.54, 1.807) is 14.2 Å². The van der Waals surface area contributed by atoms with Gasteiger partial charge in [-0.2, -0.15) is 0 Å². The van der Waals surface area contributed by atoms with E-state index in [1.807, 2.05) is 60.7 Å². The Hall–Kier alpha value is -1.97. The van der Waals surface area contributed by atoms with E-state index in [-0.39, 0.29) is 5.78 Å². The van der Waals surface area contributed by atoms with Gasteiger partial charge in [-0.25, -0.2) is 0 Å². The van der Waals surface area contributed by atoms with Crippen molar-refractivity contribution in [3.63, 3.8) is 0 Å². The summed E-state index contributed by atoms with van der Waals surface area (Å²) in [7, 11) is 3.11. The molecule has 21 heavy (non-hydrogen) atoms. The van der Waals surface area contributed by atoms with E-state index in [0.717, 1.165) is 11.1 Å². The highest BCUT2D eigenvalue weighted by Crippen LogP contribution is 2.25. The zero-order valence-corrected chi connectivity index (χ0v) is 12.4. The summed E-state index contributed by atoms with van der Waals surface area (Å²) in [6.45, 7) is 0. The van der Waals surface area contributed by atoms with Crippen LogP contribution < -0.4 is 0 Å². The van der Waals surface area contributed by atoms with E-state index >= 15 is 0 Å². The normalized spacial score (nSPS) is 12.3. The molecule has 3 nitrogen and oxygen atoms in total. The van der Waals surface area contributed by atoms with Crippen molar-refractivity contribution in [3.05, 3.63) is 71.8 Å². The second-order valence-electron chi connectivity index (χ2n) is 4.86. The fourth-order valence-corrected chi connectivity index (χ4v) is 2.43. The smallest absolute Gasteiger partial charge is 0.170 e. The predicted octanol–water partition coefficient (Wildman–Crippen LogP) is 3.20. The summed E-state index contributed by atoms with van der Waals surface area (Å²) in [6.07, 6.45) is -0.215. The average Bonchev–Trinajstić information content (AvgIpc) is 2.54. The van der Waals surface area contributed by atoms with Gasteiger partial charge >= 0.3 is 0 Å². The number of Topliss-reactive ketones (excluding diaryl/α,β-unsaturated/α-hetero) is 1. The predicted molar refractivity (Wildman–Crippen MR) is 82.1 cm³/mol. The molecular weight excluding hydrogens is 264 g/mol. The van der Waals surface area contributed by atoms with Crippen molar-refractivity contribution in [2.24, 2.45) is 0 Å². The molecule has 0 N–H and O–H groups in total. The van der Waals surface area contributed by atoms with Crippen LogP contribution in [0.2, 0.25) is 0 Å². The van der Waals surface area contributed by atoms with Gasteiger partial charge in [0.15, 0.2) is 6.29 Å². The third kappa shape index (κ3) is 4.00. The molecule has 3 heteroatoms. The van der Waals surface area contributed by atoms with Gasteiger partial charge in [0.1, 0.15) is 5.78 Å². The zero-order valence-electron chi connectivity index (χ0n) is 12.4. The molecule has 0 aromatic heterocycles. The van der Waals surface area contributed by atoms with Crippen molar-refractivity contribution in [1.29, 1.82) is 0 Å². The summed E-state index contributed by atoms with van der Waals surface area (Å²) in [4.78, 5) is 12.7. The van der Waals surface area contributed by atoms with Crippen molar-refractivity contribution >= 4 is 5.78 Å². The number of carbonyl (C=O) groups excluding carboxylic acids is 1. The maximum atomic E-state index is 12.7. The highest BCUT2D eigenvalue weighted by Gasteiger charge is 2.29. The van der Waals surface area contributed by atoms with Crippen molar-refractivity contribution in [1.82, 2.24) is 0 Å². The molecular formula is C18H20O3. The quantitative estimate of drug-likeness (QED) is 0.732. The summed E-state index contributed by atoms with van der Waals surface area (Å²) in [5.74, 6) is -0.345. The van der Waals surface area contributed by atoms with Crippen LogP contribution in [0.1, 0.15) is 17.0 Å². The van der Waals surface area contributed by atoms with Gasteiger partial charge in [0.2, 0.25) is 0 Å². The Kier molecular flexibility index (Phi) is 5.67. The Bertz CT molecular complexity index is 547. The van der Waals surface area contributed by atoms with E-state index in [0.29, 0.717) is 6.42 Å². The van der Waals surface area contributed by atoms with Crippen LogP contribution in [-0.2, 0) is 20.7 Å². The SMILES string of the molecule is COC(OC)C(C(=O)Cc1ccccc1)c1ccccc1. The third-order valence-corrected chi connectivity index (χ3v) is 3.46. The number of ether oxygens (including phenoxy) is 2. The lowest BCUT2D eigenvalue weighted by Gasteiger charge is -2.24. The van der Waals surface area contributed by atoms with Crippen molar-refractivity contribution in [2.75, 3.05) is 14.2 Å². The van der Waals surface area contributed by atoms with Gasteiger partial charge in [0.05, 0.1) is 5.92 Å². The number of benzene rings is 2. The molecule has 0 fully saturated rings. The third-order valence-electron chi connectivity index (χ3n) is 3.46. The first-order chi connectivity index (χ1) is 10.3. The minimum atomic E-state index is -0.580. The highest BCUT2D eigenvalue weighted by atomic mass is 16.7. The van der Waals surface area contributed by atoms with Gasteiger partial charge in [0.25, 0.3) is 0 Å². The second-order valence-corrected chi connectivity index (χ2v) is 4.86. The molecule has 0 aliphatic heterocycles. The Labute approximate surface area is 125 Å². The Morgan fingerprint density at radius 2 is 1.43 bits per heavy atom. The Balaban J connectivity index is 2.25. The summed E-state index contributed by atoms with van der Waals surface area (Å²) < 4.78 is 10.7. The monoisotopic (exact) mass is 284 g/mol. The first kappa shape index (κ1) is 15.4. The highest BCUT2D eigenvalue weighted by molar-refractivity contribution is 5.88. The minimum Gasteiger partial charge on any atom is -0.355 e. The number of carbonyl (C=O) groups is 1. The van der Waals surface area contributed by atoms with Crippen LogP contribution in [0, 0.1) is 0 Å². The van der Waals surface area contributed by atoms with Crippen molar-refractivity contribution < 1.29 is 14.3 Å². The number of methoxy groups -OCH3 is 2. The summed E-state index contributed by atoms with van der Waals surface area (Å²) in [5, 5.41) is 0. The van der Waals surface area contributed by atoms with Crippen LogP contribution in [0.3, 0.4) is 0 Å². The second kappa shape index (κ2) is 7.72. The molecule has 0 spiro atoms. The molecule has 0 aliphatic rings. The summed E-state index contributed by atoms with van der Waals surface area (Å²) in [6, 6.07) is 19.3. The van der Waals surface area contributed by atoms with Gasteiger partial charge in [-0.05, 0) is 11.1 Å². The molecule has 0 bridgehead atoms. The first-order valence-corrected chi connectivity index (χ1v) is 6.93. The summed E-state index contributed by atoms with van der Waals surface area (Å²) in [5.41, 5.74) is 1.90. The zero-order chi connectivity index (χ0) is 15.1. The summed E-state index contributed by atoms with van der Waals surface area (Å²) >= 11 is 0. The van der Waals surface area contributed by atoms with E-state index in [9.17, 15) is 4.79 Å². The largest absolute Gasteiger partial charge is 0.355 e. The Morgan fingerprint density at radius 3 is 1.95 bits per heavy atom. The van der Waals surface area contributed by atoms with Crippen LogP contribution in [0.25, 0.3) is 0 Å². The number of ketones is 1. The molecule has 1 unspecified atom stereocenters. The standard InChI is InChI=1S/C18H20O3/c1-20-18(21-2)17(15-11-7-4-8-12-15)16(19)13-14-9-5-3-6-10-14/h3-12,17-18H,13H2,1-2H3. The van der Waals surface area contributed by atoms with Gasteiger partial charge < -0.3 is 9.47 Å². The number of rotatable bonds is 7. The molecule has 0 radical (unpaired) electrons. The molecule has 110 valence electrons. The van der Waals surface area contributed by atoms with Crippen LogP contribution in [-0.4, -0.2) is 26.3 Å². The van der Waals surface area contributed by atoms with Crippen LogP contribution in [0.5, 0.6) is 0 Å². The molecule has 2 rings (SSSR count). The van der Waals surface area contributed by atoms with E-state index in [1.165, 1.54) is 0 Å². The lowest BCUT2D eigenvalue weighted by Crippen LogP contribution is -2.30.